The van der Waals surface area contributed by atoms with Gasteiger partial charge in [-0.25, -0.2) is 30.4 Å². The van der Waals surface area contributed by atoms with E-state index in [4.69, 9.17) is 0 Å². The summed E-state index contributed by atoms with van der Waals surface area (Å²) in [6.45, 7) is 6.42. The van der Waals surface area contributed by atoms with E-state index < -0.39 is 44.1 Å². The van der Waals surface area contributed by atoms with Crippen molar-refractivity contribution in [3.63, 3.8) is 0 Å². The molecule has 0 aliphatic carbocycles. The topological polar surface area (TPSA) is 57.2 Å². The molecule has 0 bridgehead atoms. The summed E-state index contributed by atoms with van der Waals surface area (Å²) >= 11 is 0. The van der Waals surface area contributed by atoms with Gasteiger partial charge in [-0.1, -0.05) is 53.1 Å². The minimum Gasteiger partial charge on any atom is -0.744 e. The minimum absolute atomic E-state index is 0.0394. The van der Waals surface area contributed by atoms with Crippen LogP contribution in [0.5, 0.6) is 0 Å². The summed E-state index contributed by atoms with van der Waals surface area (Å²) < 4.78 is 92.9. The molecule has 4 rings (SSSR count). The Balaban J connectivity index is 0.000000222. The molecule has 194 valence electrons. The number of benzene rings is 4. The van der Waals surface area contributed by atoms with E-state index in [9.17, 15) is 34.9 Å². The monoisotopic (exact) mass is 552 g/mol. The molecule has 0 heterocycles. The van der Waals surface area contributed by atoms with Gasteiger partial charge in [0.1, 0.15) is 15.0 Å². The van der Waals surface area contributed by atoms with Gasteiger partial charge in [-0.05, 0) is 57.2 Å². The van der Waals surface area contributed by atoms with Crippen molar-refractivity contribution < 1.29 is 34.9 Å². The van der Waals surface area contributed by atoms with Crippen LogP contribution in [0.4, 0.5) is 22.0 Å². The molecular formula is C27H21F5O3S2. The van der Waals surface area contributed by atoms with Gasteiger partial charge in [0, 0.05) is 0 Å². The van der Waals surface area contributed by atoms with Crippen molar-refractivity contribution in [2.45, 2.75) is 40.4 Å². The Morgan fingerprint density at radius 1 is 0.514 bits per heavy atom. The van der Waals surface area contributed by atoms with Gasteiger partial charge in [-0.2, -0.15) is 0 Å². The fourth-order valence-electron chi connectivity index (χ4n) is 3.24. The van der Waals surface area contributed by atoms with Gasteiger partial charge >= 0.3 is 0 Å². The molecule has 0 aliphatic heterocycles. The quantitative estimate of drug-likeness (QED) is 0.0901. The van der Waals surface area contributed by atoms with Crippen LogP contribution in [-0.2, 0) is 21.0 Å². The highest BCUT2D eigenvalue weighted by Gasteiger charge is 2.29. The molecule has 0 spiro atoms. The van der Waals surface area contributed by atoms with Crippen LogP contribution < -0.4 is 0 Å². The second-order valence-corrected chi connectivity index (χ2v) is 11.4. The molecule has 0 aliphatic rings. The summed E-state index contributed by atoms with van der Waals surface area (Å²) in [5.41, 5.74) is 3.92. The molecule has 0 saturated heterocycles. The number of aryl methyl sites for hydroxylation is 3. The van der Waals surface area contributed by atoms with Crippen molar-refractivity contribution in [1.82, 2.24) is 0 Å². The van der Waals surface area contributed by atoms with Gasteiger partial charge in [0.15, 0.2) is 38.0 Å². The van der Waals surface area contributed by atoms with Crippen molar-refractivity contribution in [2.75, 3.05) is 0 Å². The standard InChI is InChI=1S/C21H21S.C6HF5O3S/c1-16-4-10-19(11-5-16)22(20-12-6-17(2)7-13-20)21-14-8-18(3)9-15-21;7-1-2(8)4(10)6(15(12,13)14)5(11)3(1)9/h4-15H,1-3H3;(H,12,13,14)/q+1;/p-1. The summed E-state index contributed by atoms with van der Waals surface area (Å²) in [5.74, 6) is -12.8. The number of hydrogen-bond acceptors (Lipinski definition) is 3. The summed E-state index contributed by atoms with van der Waals surface area (Å²) in [7, 11) is -5.81. The third kappa shape index (κ3) is 6.57. The smallest absolute Gasteiger partial charge is 0.200 e. The van der Waals surface area contributed by atoms with Crippen LogP contribution >= 0.6 is 0 Å². The third-order valence-electron chi connectivity index (χ3n) is 5.19. The first-order chi connectivity index (χ1) is 17.3. The Kier molecular flexibility index (Phi) is 8.78. The van der Waals surface area contributed by atoms with Crippen molar-refractivity contribution in [1.29, 1.82) is 0 Å². The number of hydrogen-bond donors (Lipinski definition) is 0. The molecule has 0 saturated carbocycles. The van der Waals surface area contributed by atoms with Gasteiger partial charge in [0.05, 0.1) is 10.9 Å². The molecule has 0 unspecified atom stereocenters. The van der Waals surface area contributed by atoms with Gasteiger partial charge < -0.3 is 4.55 Å². The second-order valence-electron chi connectivity index (χ2n) is 8.10. The fourth-order valence-corrected chi connectivity index (χ4v) is 5.89. The highest BCUT2D eigenvalue weighted by Crippen LogP contribution is 2.31. The lowest BCUT2D eigenvalue weighted by atomic mass is 10.2. The summed E-state index contributed by atoms with van der Waals surface area (Å²) in [6.07, 6.45) is 0. The van der Waals surface area contributed by atoms with Gasteiger partial charge in [0.25, 0.3) is 0 Å². The SMILES string of the molecule is Cc1ccc([S+](c2ccc(C)cc2)c2ccc(C)cc2)cc1.O=S(=O)([O-])c1c(F)c(F)c(F)c(F)c1F. The number of halogens is 5. The minimum atomic E-state index is -5.77. The third-order valence-corrected chi connectivity index (χ3v) is 8.28. The Labute approximate surface area is 214 Å². The molecule has 0 amide bonds. The Bertz CT molecular complexity index is 1370. The second kappa shape index (κ2) is 11.5. The molecule has 4 aromatic rings. The van der Waals surface area contributed by atoms with E-state index in [0.717, 1.165) is 0 Å². The molecule has 0 fully saturated rings. The lowest BCUT2D eigenvalue weighted by molar-refractivity contribution is 0.350. The molecule has 4 aromatic carbocycles. The van der Waals surface area contributed by atoms with Crippen LogP contribution in [0.3, 0.4) is 0 Å². The van der Waals surface area contributed by atoms with E-state index in [-0.39, 0.29) is 10.9 Å². The van der Waals surface area contributed by atoms with Crippen molar-refractivity contribution >= 4 is 21.0 Å². The molecule has 37 heavy (non-hydrogen) atoms. The van der Waals surface area contributed by atoms with E-state index in [1.54, 1.807) is 0 Å². The number of rotatable bonds is 4. The van der Waals surface area contributed by atoms with E-state index in [1.807, 2.05) is 0 Å². The maximum atomic E-state index is 12.6. The largest absolute Gasteiger partial charge is 0.744 e. The van der Waals surface area contributed by atoms with E-state index in [0.29, 0.717) is 0 Å². The van der Waals surface area contributed by atoms with Crippen molar-refractivity contribution in [3.8, 4) is 0 Å². The van der Waals surface area contributed by atoms with Crippen LogP contribution in [0.25, 0.3) is 0 Å². The Morgan fingerprint density at radius 2 is 0.757 bits per heavy atom. The predicted molar refractivity (Wildman–Crippen MR) is 130 cm³/mol. The maximum Gasteiger partial charge on any atom is 0.200 e. The molecule has 3 nitrogen and oxygen atoms in total. The normalized spacial score (nSPS) is 11.3. The maximum absolute atomic E-state index is 12.6. The van der Waals surface area contributed by atoms with Crippen LogP contribution in [-0.4, -0.2) is 13.0 Å². The predicted octanol–water partition coefficient (Wildman–Crippen LogP) is 6.99. The van der Waals surface area contributed by atoms with Crippen LogP contribution in [0.15, 0.2) is 92.4 Å². The lowest BCUT2D eigenvalue weighted by Crippen LogP contribution is -2.12. The first-order valence-electron chi connectivity index (χ1n) is 10.7. The zero-order valence-electron chi connectivity index (χ0n) is 19.9. The first kappa shape index (κ1) is 28.4. The molecule has 0 aromatic heterocycles. The highest BCUT2D eigenvalue weighted by molar-refractivity contribution is 7.97. The molecule has 10 heteroatoms. The van der Waals surface area contributed by atoms with Crippen molar-refractivity contribution in [2.24, 2.45) is 0 Å². The zero-order valence-corrected chi connectivity index (χ0v) is 21.5. The zero-order chi connectivity index (χ0) is 27.5. The van der Waals surface area contributed by atoms with E-state index in [2.05, 4.69) is 93.6 Å². The van der Waals surface area contributed by atoms with Gasteiger partial charge in [-0.3, -0.25) is 0 Å². The highest BCUT2D eigenvalue weighted by atomic mass is 32.2. The van der Waals surface area contributed by atoms with Gasteiger partial charge in [0.2, 0.25) is 5.82 Å². The Hall–Kier alpha value is -3.21. The summed E-state index contributed by atoms with van der Waals surface area (Å²) in [4.78, 5) is 1.74. The molecular weight excluding hydrogens is 531 g/mol. The average molecular weight is 553 g/mol. The molecule has 0 N–H and O–H groups in total. The van der Waals surface area contributed by atoms with Crippen molar-refractivity contribution in [3.05, 3.63) is 119 Å². The fraction of sp³-hybridized carbons (Fsp3) is 0.111. The summed E-state index contributed by atoms with van der Waals surface area (Å²) in [6, 6.07) is 26.8. The Morgan fingerprint density at radius 3 is 1.00 bits per heavy atom. The average Bonchev–Trinajstić information content (AvgIpc) is 2.85. The van der Waals surface area contributed by atoms with Crippen LogP contribution in [0.2, 0.25) is 0 Å². The van der Waals surface area contributed by atoms with Gasteiger partial charge in [-0.15, -0.1) is 0 Å². The van der Waals surface area contributed by atoms with E-state index in [1.165, 1.54) is 31.4 Å². The molecule has 0 radical (unpaired) electrons. The molecule has 0 atom stereocenters. The van der Waals surface area contributed by atoms with Crippen LogP contribution in [0.1, 0.15) is 16.7 Å². The van der Waals surface area contributed by atoms with Crippen LogP contribution in [0, 0.1) is 49.9 Å². The lowest BCUT2D eigenvalue weighted by Gasteiger charge is -2.10. The summed E-state index contributed by atoms with van der Waals surface area (Å²) in [5, 5.41) is 0. The first-order valence-corrected chi connectivity index (χ1v) is 13.4. The van der Waals surface area contributed by atoms with E-state index >= 15 is 0 Å².